The highest BCUT2D eigenvalue weighted by Gasteiger charge is 2.28. The fourth-order valence-electron chi connectivity index (χ4n) is 2.17. The van der Waals surface area contributed by atoms with Crippen LogP contribution in [0.5, 0.6) is 0 Å². The van der Waals surface area contributed by atoms with Gasteiger partial charge in [-0.25, -0.2) is 0 Å². The quantitative estimate of drug-likeness (QED) is 0.912. The molecule has 2 N–H and O–H groups in total. The van der Waals surface area contributed by atoms with Crippen LogP contribution in [-0.2, 0) is 0 Å². The van der Waals surface area contributed by atoms with Crippen molar-refractivity contribution in [3.05, 3.63) is 34.5 Å². The van der Waals surface area contributed by atoms with Crippen LogP contribution in [0.3, 0.4) is 0 Å². The summed E-state index contributed by atoms with van der Waals surface area (Å²) in [5.74, 6) is 1.95. The predicted molar refractivity (Wildman–Crippen MR) is 70.6 cm³/mol. The minimum atomic E-state index is 0.495. The van der Waals surface area contributed by atoms with Gasteiger partial charge in [0, 0.05) is 10.4 Å². The Morgan fingerprint density at radius 1 is 1.24 bits per heavy atom. The zero-order valence-electron chi connectivity index (χ0n) is 9.32. The maximum absolute atomic E-state index is 5.91. The largest absolute Gasteiger partial charge is 0.380 e. The van der Waals surface area contributed by atoms with E-state index >= 15 is 0 Å². The molecule has 17 heavy (non-hydrogen) atoms. The van der Waals surface area contributed by atoms with Gasteiger partial charge in [0.2, 0.25) is 0 Å². The Bertz CT molecular complexity index is 529. The Labute approximate surface area is 108 Å². The van der Waals surface area contributed by atoms with E-state index in [1.54, 1.807) is 0 Å². The third kappa shape index (κ3) is 1.86. The van der Waals surface area contributed by atoms with Crippen LogP contribution in [0.4, 0.5) is 5.82 Å². The Morgan fingerprint density at radius 3 is 2.53 bits per heavy atom. The number of rotatable bonds is 2. The lowest BCUT2D eigenvalue weighted by molar-refractivity contribution is 0.302. The van der Waals surface area contributed by atoms with Gasteiger partial charge in [-0.3, -0.25) is 0 Å². The van der Waals surface area contributed by atoms with Gasteiger partial charge in [0.1, 0.15) is 5.76 Å². The summed E-state index contributed by atoms with van der Waals surface area (Å²) in [6.45, 7) is 0. The molecule has 1 aliphatic rings. The van der Waals surface area contributed by atoms with Crippen LogP contribution in [0, 0.1) is 0 Å². The molecule has 88 valence electrons. The molecular weight excluding hydrogens is 280 g/mol. The Kier molecular flexibility index (Phi) is 2.67. The SMILES string of the molecule is Nc1noc(C2CCC2)c1-c1ccc(Br)cc1. The van der Waals surface area contributed by atoms with Crippen molar-refractivity contribution in [3.8, 4) is 11.1 Å². The lowest BCUT2D eigenvalue weighted by Gasteiger charge is -2.23. The third-order valence-electron chi connectivity index (χ3n) is 3.35. The Balaban J connectivity index is 2.06. The van der Waals surface area contributed by atoms with Gasteiger partial charge in [0.25, 0.3) is 0 Å². The highest BCUT2D eigenvalue weighted by atomic mass is 79.9. The zero-order valence-corrected chi connectivity index (χ0v) is 10.9. The van der Waals surface area contributed by atoms with Crippen molar-refractivity contribution in [1.82, 2.24) is 5.16 Å². The van der Waals surface area contributed by atoms with Crippen molar-refractivity contribution in [2.45, 2.75) is 25.2 Å². The molecule has 1 heterocycles. The van der Waals surface area contributed by atoms with Crippen LogP contribution >= 0.6 is 15.9 Å². The molecule has 3 rings (SSSR count). The van der Waals surface area contributed by atoms with Crippen LogP contribution in [0.25, 0.3) is 11.1 Å². The van der Waals surface area contributed by atoms with Gasteiger partial charge in [-0.15, -0.1) is 0 Å². The maximum Gasteiger partial charge on any atom is 0.175 e. The number of hydrogen-bond donors (Lipinski definition) is 1. The summed E-state index contributed by atoms with van der Waals surface area (Å²) >= 11 is 3.43. The van der Waals surface area contributed by atoms with Gasteiger partial charge in [-0.1, -0.05) is 39.6 Å². The van der Waals surface area contributed by atoms with E-state index < -0.39 is 0 Å². The van der Waals surface area contributed by atoms with E-state index in [0.717, 1.165) is 21.4 Å². The second-order valence-corrected chi connectivity index (χ2v) is 5.36. The highest BCUT2D eigenvalue weighted by molar-refractivity contribution is 9.10. The molecule has 1 aliphatic carbocycles. The van der Waals surface area contributed by atoms with Crippen LogP contribution in [0.15, 0.2) is 33.3 Å². The second kappa shape index (κ2) is 4.18. The summed E-state index contributed by atoms with van der Waals surface area (Å²) in [6, 6.07) is 8.09. The van der Waals surface area contributed by atoms with E-state index in [4.69, 9.17) is 10.3 Å². The smallest absolute Gasteiger partial charge is 0.175 e. The van der Waals surface area contributed by atoms with Crippen molar-refractivity contribution in [2.75, 3.05) is 5.73 Å². The minimum Gasteiger partial charge on any atom is -0.380 e. The number of aromatic nitrogens is 1. The van der Waals surface area contributed by atoms with Crippen molar-refractivity contribution < 1.29 is 4.52 Å². The van der Waals surface area contributed by atoms with E-state index in [1.807, 2.05) is 24.3 Å². The summed E-state index contributed by atoms with van der Waals surface area (Å²) in [7, 11) is 0. The van der Waals surface area contributed by atoms with Gasteiger partial charge in [0.15, 0.2) is 5.82 Å². The summed E-state index contributed by atoms with van der Waals surface area (Å²) < 4.78 is 6.45. The number of halogens is 1. The Morgan fingerprint density at radius 2 is 1.94 bits per heavy atom. The van der Waals surface area contributed by atoms with E-state index in [0.29, 0.717) is 11.7 Å². The summed E-state index contributed by atoms with van der Waals surface area (Å²) in [5, 5.41) is 3.91. The van der Waals surface area contributed by atoms with Crippen LogP contribution < -0.4 is 5.73 Å². The average molecular weight is 293 g/mol. The molecule has 0 radical (unpaired) electrons. The van der Waals surface area contributed by atoms with Crippen LogP contribution in [-0.4, -0.2) is 5.16 Å². The third-order valence-corrected chi connectivity index (χ3v) is 3.88. The molecule has 1 aromatic carbocycles. The van der Waals surface area contributed by atoms with Crippen LogP contribution in [0.1, 0.15) is 30.9 Å². The van der Waals surface area contributed by atoms with Crippen molar-refractivity contribution in [2.24, 2.45) is 0 Å². The summed E-state index contributed by atoms with van der Waals surface area (Å²) in [4.78, 5) is 0. The summed E-state index contributed by atoms with van der Waals surface area (Å²) in [5.41, 5.74) is 7.96. The first-order valence-electron chi connectivity index (χ1n) is 5.76. The minimum absolute atomic E-state index is 0.495. The predicted octanol–water partition coefficient (Wildman–Crippen LogP) is 3.95. The molecule has 2 aromatic rings. The number of benzene rings is 1. The van der Waals surface area contributed by atoms with Gasteiger partial charge >= 0.3 is 0 Å². The summed E-state index contributed by atoms with van der Waals surface area (Å²) in [6.07, 6.45) is 3.63. The number of nitrogens with two attached hydrogens (primary N) is 1. The van der Waals surface area contributed by atoms with Gasteiger partial charge in [0.05, 0.1) is 5.56 Å². The van der Waals surface area contributed by atoms with Gasteiger partial charge in [-0.05, 0) is 30.5 Å². The number of nitrogen functional groups attached to an aromatic ring is 1. The lowest BCUT2D eigenvalue weighted by Crippen LogP contribution is -2.08. The lowest BCUT2D eigenvalue weighted by atomic mass is 9.81. The monoisotopic (exact) mass is 292 g/mol. The van der Waals surface area contributed by atoms with Crippen molar-refractivity contribution in [1.29, 1.82) is 0 Å². The normalized spacial score (nSPS) is 15.8. The fourth-order valence-corrected chi connectivity index (χ4v) is 2.44. The molecule has 0 amide bonds. The van der Waals surface area contributed by atoms with Crippen molar-refractivity contribution >= 4 is 21.7 Å². The van der Waals surface area contributed by atoms with Gasteiger partial charge < -0.3 is 10.3 Å². The molecular formula is C13H13BrN2O. The molecule has 1 saturated carbocycles. The molecule has 3 nitrogen and oxygen atoms in total. The maximum atomic E-state index is 5.91. The molecule has 0 saturated heterocycles. The second-order valence-electron chi connectivity index (χ2n) is 4.44. The van der Waals surface area contributed by atoms with Gasteiger partial charge in [-0.2, -0.15) is 0 Å². The zero-order chi connectivity index (χ0) is 11.8. The number of hydrogen-bond acceptors (Lipinski definition) is 3. The van der Waals surface area contributed by atoms with E-state index in [9.17, 15) is 0 Å². The van der Waals surface area contributed by atoms with E-state index in [2.05, 4.69) is 21.1 Å². The first-order valence-corrected chi connectivity index (χ1v) is 6.56. The standard InChI is InChI=1S/C13H13BrN2O/c14-10-6-4-8(5-7-10)11-12(9-2-1-3-9)17-16-13(11)15/h4-7,9H,1-3H2,(H2,15,16). The topological polar surface area (TPSA) is 52.0 Å². The molecule has 4 heteroatoms. The molecule has 1 fully saturated rings. The first-order chi connectivity index (χ1) is 8.25. The molecule has 0 unspecified atom stereocenters. The molecule has 0 bridgehead atoms. The van der Waals surface area contributed by atoms with E-state index in [-0.39, 0.29) is 0 Å². The molecule has 0 atom stereocenters. The number of nitrogens with zero attached hydrogens (tertiary/aromatic N) is 1. The van der Waals surface area contributed by atoms with Crippen molar-refractivity contribution in [3.63, 3.8) is 0 Å². The van der Waals surface area contributed by atoms with E-state index in [1.165, 1.54) is 19.3 Å². The highest BCUT2D eigenvalue weighted by Crippen LogP contribution is 2.43. The Hall–Kier alpha value is -1.29. The first kappa shape index (κ1) is 10.8. The average Bonchev–Trinajstić information content (AvgIpc) is 2.60. The molecule has 0 spiro atoms. The molecule has 0 aliphatic heterocycles. The fraction of sp³-hybridized carbons (Fsp3) is 0.308. The van der Waals surface area contributed by atoms with Crippen LogP contribution in [0.2, 0.25) is 0 Å². The molecule has 1 aromatic heterocycles. The number of anilines is 1.